The van der Waals surface area contributed by atoms with Gasteiger partial charge in [0.2, 0.25) is 5.91 Å². The number of amides is 1. The summed E-state index contributed by atoms with van der Waals surface area (Å²) in [5.74, 6) is -0.814. The minimum Gasteiger partial charge on any atom is -0.480 e. The number of nitrogens with zero attached hydrogens (tertiary/aromatic N) is 2. The average Bonchev–Trinajstić information content (AvgIpc) is 3.02. The van der Waals surface area contributed by atoms with Crippen LogP contribution in [-0.2, 0) is 9.59 Å². The van der Waals surface area contributed by atoms with E-state index in [-0.39, 0.29) is 19.0 Å². The van der Waals surface area contributed by atoms with Crippen LogP contribution in [0.3, 0.4) is 0 Å². The van der Waals surface area contributed by atoms with E-state index in [9.17, 15) is 9.59 Å². The van der Waals surface area contributed by atoms with Crippen LogP contribution in [0.1, 0.15) is 33.1 Å². The zero-order valence-electron chi connectivity index (χ0n) is 10.7. The maximum Gasteiger partial charge on any atom is 0.317 e. The summed E-state index contributed by atoms with van der Waals surface area (Å²) in [6.07, 6.45) is 3.04. The topological polar surface area (TPSA) is 60.9 Å². The Labute approximate surface area is 102 Å². The molecule has 0 unspecified atom stereocenters. The second-order valence-electron chi connectivity index (χ2n) is 4.52. The van der Waals surface area contributed by atoms with E-state index in [1.54, 1.807) is 4.90 Å². The molecule has 1 saturated carbocycles. The molecule has 0 aromatic rings. The number of hydrogen-bond donors (Lipinski definition) is 1. The van der Waals surface area contributed by atoms with Crippen LogP contribution in [0.2, 0.25) is 0 Å². The molecule has 0 saturated heterocycles. The first kappa shape index (κ1) is 14.0. The normalized spacial score (nSPS) is 15.0. The molecule has 0 atom stereocenters. The molecule has 1 aliphatic carbocycles. The maximum atomic E-state index is 12.0. The van der Waals surface area contributed by atoms with E-state index in [2.05, 4.69) is 0 Å². The highest BCUT2D eigenvalue weighted by atomic mass is 16.4. The van der Waals surface area contributed by atoms with Gasteiger partial charge in [-0.05, 0) is 32.7 Å². The van der Waals surface area contributed by atoms with Crippen molar-refractivity contribution >= 4 is 11.9 Å². The van der Waals surface area contributed by atoms with Crippen molar-refractivity contribution < 1.29 is 14.7 Å². The number of aliphatic carboxylic acids is 1. The Kier molecular flexibility index (Phi) is 5.41. The molecule has 0 aromatic carbocycles. The van der Waals surface area contributed by atoms with E-state index < -0.39 is 5.97 Å². The summed E-state index contributed by atoms with van der Waals surface area (Å²) >= 11 is 0. The zero-order chi connectivity index (χ0) is 12.8. The van der Waals surface area contributed by atoms with Crippen molar-refractivity contribution in [3.8, 4) is 0 Å². The van der Waals surface area contributed by atoms with Crippen molar-refractivity contribution in [3.05, 3.63) is 0 Å². The molecule has 1 rings (SSSR count). The Morgan fingerprint density at radius 1 is 1.24 bits per heavy atom. The summed E-state index contributed by atoms with van der Waals surface area (Å²) in [7, 11) is 0. The fraction of sp³-hybridized carbons (Fsp3) is 0.833. The Morgan fingerprint density at radius 3 is 2.29 bits per heavy atom. The summed E-state index contributed by atoms with van der Waals surface area (Å²) in [6.45, 7) is 5.50. The van der Waals surface area contributed by atoms with Crippen LogP contribution < -0.4 is 0 Å². The fourth-order valence-electron chi connectivity index (χ4n) is 2.03. The van der Waals surface area contributed by atoms with Crippen LogP contribution in [0.5, 0.6) is 0 Å². The standard InChI is InChI=1S/C12H22N2O3/c1-3-7-13(9-12(16)17)8-11(15)14(4-2)10-5-6-10/h10H,3-9H2,1-2H3,(H,16,17). The van der Waals surface area contributed by atoms with Gasteiger partial charge in [-0.1, -0.05) is 6.92 Å². The predicted molar refractivity (Wildman–Crippen MR) is 64.8 cm³/mol. The van der Waals surface area contributed by atoms with Crippen molar-refractivity contribution in [2.45, 2.75) is 39.2 Å². The van der Waals surface area contributed by atoms with Crippen LogP contribution in [0.25, 0.3) is 0 Å². The third-order valence-corrected chi connectivity index (χ3v) is 2.91. The molecular weight excluding hydrogens is 220 g/mol. The Bertz CT molecular complexity index is 277. The molecule has 1 aliphatic rings. The molecule has 1 amide bonds. The molecule has 5 heteroatoms. The van der Waals surface area contributed by atoms with Gasteiger partial charge in [0.05, 0.1) is 13.1 Å². The molecule has 0 aromatic heterocycles. The Hall–Kier alpha value is -1.10. The van der Waals surface area contributed by atoms with Crippen molar-refractivity contribution in [1.29, 1.82) is 0 Å². The van der Waals surface area contributed by atoms with Crippen LogP contribution >= 0.6 is 0 Å². The van der Waals surface area contributed by atoms with Crippen molar-refractivity contribution in [2.75, 3.05) is 26.2 Å². The SMILES string of the molecule is CCCN(CC(=O)O)CC(=O)N(CC)C1CC1. The average molecular weight is 242 g/mol. The molecular formula is C12H22N2O3. The minimum absolute atomic E-state index is 0.0538. The summed E-state index contributed by atoms with van der Waals surface area (Å²) in [5, 5.41) is 8.77. The number of carboxylic acids is 1. The van der Waals surface area contributed by atoms with Gasteiger partial charge in [-0.25, -0.2) is 0 Å². The predicted octanol–water partition coefficient (Wildman–Crippen LogP) is 0.794. The summed E-state index contributed by atoms with van der Waals surface area (Å²) < 4.78 is 0. The second-order valence-corrected chi connectivity index (χ2v) is 4.52. The second kappa shape index (κ2) is 6.59. The van der Waals surface area contributed by atoms with Crippen LogP contribution in [-0.4, -0.2) is 59.0 Å². The molecule has 1 N–H and O–H groups in total. The number of likely N-dealkylation sites (N-methyl/N-ethyl adjacent to an activating group) is 1. The minimum atomic E-state index is -0.874. The van der Waals surface area contributed by atoms with Gasteiger partial charge in [-0.15, -0.1) is 0 Å². The summed E-state index contributed by atoms with van der Waals surface area (Å²) in [5.41, 5.74) is 0. The molecule has 0 radical (unpaired) electrons. The van der Waals surface area contributed by atoms with Crippen molar-refractivity contribution in [2.24, 2.45) is 0 Å². The molecule has 0 spiro atoms. The van der Waals surface area contributed by atoms with E-state index in [1.807, 2.05) is 18.7 Å². The first-order valence-electron chi connectivity index (χ1n) is 6.32. The van der Waals surface area contributed by atoms with Gasteiger partial charge >= 0.3 is 5.97 Å². The fourth-order valence-corrected chi connectivity index (χ4v) is 2.03. The number of rotatable bonds is 8. The highest BCUT2D eigenvalue weighted by Crippen LogP contribution is 2.26. The molecule has 5 nitrogen and oxygen atoms in total. The quantitative estimate of drug-likeness (QED) is 0.683. The molecule has 0 heterocycles. The number of carbonyl (C=O) groups excluding carboxylic acids is 1. The lowest BCUT2D eigenvalue weighted by Crippen LogP contribution is -2.43. The van der Waals surface area contributed by atoms with Crippen LogP contribution in [0, 0.1) is 0 Å². The monoisotopic (exact) mass is 242 g/mol. The Balaban J connectivity index is 2.46. The van der Waals surface area contributed by atoms with Gasteiger partial charge in [-0.3, -0.25) is 14.5 Å². The van der Waals surface area contributed by atoms with Gasteiger partial charge < -0.3 is 10.0 Å². The van der Waals surface area contributed by atoms with E-state index in [0.29, 0.717) is 12.6 Å². The number of carboxylic acid groups (broad SMARTS) is 1. The first-order valence-corrected chi connectivity index (χ1v) is 6.32. The molecule has 17 heavy (non-hydrogen) atoms. The first-order chi connectivity index (χ1) is 8.08. The van der Waals surface area contributed by atoms with E-state index in [4.69, 9.17) is 5.11 Å². The lowest BCUT2D eigenvalue weighted by molar-refractivity contribution is -0.139. The number of carbonyl (C=O) groups is 2. The molecule has 1 fully saturated rings. The highest BCUT2D eigenvalue weighted by molar-refractivity contribution is 5.79. The van der Waals surface area contributed by atoms with Gasteiger partial charge in [0, 0.05) is 12.6 Å². The van der Waals surface area contributed by atoms with Gasteiger partial charge in [0.1, 0.15) is 0 Å². The van der Waals surface area contributed by atoms with E-state index >= 15 is 0 Å². The largest absolute Gasteiger partial charge is 0.480 e. The van der Waals surface area contributed by atoms with Gasteiger partial charge in [0.15, 0.2) is 0 Å². The van der Waals surface area contributed by atoms with E-state index in [0.717, 1.165) is 25.8 Å². The molecule has 0 bridgehead atoms. The van der Waals surface area contributed by atoms with Gasteiger partial charge in [-0.2, -0.15) is 0 Å². The maximum absolute atomic E-state index is 12.0. The highest BCUT2D eigenvalue weighted by Gasteiger charge is 2.31. The third kappa shape index (κ3) is 4.73. The van der Waals surface area contributed by atoms with E-state index in [1.165, 1.54) is 0 Å². The van der Waals surface area contributed by atoms with Gasteiger partial charge in [0.25, 0.3) is 0 Å². The van der Waals surface area contributed by atoms with Crippen LogP contribution in [0.4, 0.5) is 0 Å². The van der Waals surface area contributed by atoms with Crippen molar-refractivity contribution in [3.63, 3.8) is 0 Å². The zero-order valence-corrected chi connectivity index (χ0v) is 10.7. The summed E-state index contributed by atoms with van der Waals surface area (Å²) in [6, 6.07) is 0.404. The molecule has 0 aliphatic heterocycles. The van der Waals surface area contributed by atoms with Crippen LogP contribution in [0.15, 0.2) is 0 Å². The summed E-state index contributed by atoms with van der Waals surface area (Å²) in [4.78, 5) is 26.3. The smallest absolute Gasteiger partial charge is 0.317 e. The number of hydrogen-bond acceptors (Lipinski definition) is 3. The third-order valence-electron chi connectivity index (χ3n) is 2.91. The lowest BCUT2D eigenvalue weighted by Gasteiger charge is -2.25. The Morgan fingerprint density at radius 2 is 1.88 bits per heavy atom. The van der Waals surface area contributed by atoms with Crippen molar-refractivity contribution in [1.82, 2.24) is 9.80 Å². The molecule has 98 valence electrons. The lowest BCUT2D eigenvalue weighted by atomic mass is 10.3.